The molecule has 0 aliphatic carbocycles. The molecule has 2 aliphatic rings. The van der Waals surface area contributed by atoms with E-state index in [0.717, 1.165) is 49.8 Å². The van der Waals surface area contributed by atoms with Crippen LogP contribution < -0.4 is 4.90 Å². The molecule has 0 bridgehead atoms. The van der Waals surface area contributed by atoms with Gasteiger partial charge in [-0.15, -0.1) is 0 Å². The molecule has 0 radical (unpaired) electrons. The summed E-state index contributed by atoms with van der Waals surface area (Å²) in [4.78, 5) is 7.14. The first kappa shape index (κ1) is 12.6. The van der Waals surface area contributed by atoms with Gasteiger partial charge in [-0.25, -0.2) is 4.98 Å². The molecule has 0 amide bonds. The van der Waals surface area contributed by atoms with Crippen LogP contribution in [0.25, 0.3) is 10.2 Å². The zero-order valence-corrected chi connectivity index (χ0v) is 12.1. The molecule has 20 heavy (non-hydrogen) atoms. The summed E-state index contributed by atoms with van der Waals surface area (Å²) in [6.07, 6.45) is 2.29. The van der Waals surface area contributed by atoms with E-state index in [2.05, 4.69) is 23.1 Å². The largest absolute Gasteiger partial charge is 0.350 e. The molecule has 3 heterocycles. The standard InChI is InChI=1S/C15H18N2O2S/c1-2-4-13-12(3-1)16-15(20-13)17-7-5-11(6-8-17)14-18-9-10-19-14/h1-4,11,14H,5-10H2. The van der Waals surface area contributed by atoms with Crippen molar-refractivity contribution >= 4 is 26.7 Å². The zero-order valence-electron chi connectivity index (χ0n) is 11.3. The van der Waals surface area contributed by atoms with E-state index in [4.69, 9.17) is 14.5 Å². The minimum absolute atomic E-state index is 0.0347. The van der Waals surface area contributed by atoms with Crippen LogP contribution in [0.3, 0.4) is 0 Å². The van der Waals surface area contributed by atoms with Gasteiger partial charge in [0.2, 0.25) is 0 Å². The molecular formula is C15H18N2O2S. The number of piperidine rings is 1. The predicted octanol–water partition coefficient (Wildman–Crippen LogP) is 2.89. The van der Waals surface area contributed by atoms with Gasteiger partial charge in [-0.3, -0.25) is 0 Å². The topological polar surface area (TPSA) is 34.6 Å². The van der Waals surface area contributed by atoms with Crippen LogP contribution in [0.1, 0.15) is 12.8 Å². The smallest absolute Gasteiger partial charge is 0.186 e. The third kappa shape index (κ3) is 2.30. The highest BCUT2D eigenvalue weighted by Crippen LogP contribution is 2.33. The number of para-hydroxylation sites is 1. The second-order valence-corrected chi connectivity index (χ2v) is 6.41. The fourth-order valence-corrected chi connectivity index (χ4v) is 4.02. The highest BCUT2D eigenvalue weighted by Gasteiger charge is 2.31. The number of thiazole rings is 1. The summed E-state index contributed by atoms with van der Waals surface area (Å²) < 4.78 is 12.5. The van der Waals surface area contributed by atoms with Crippen LogP contribution in [0.4, 0.5) is 5.13 Å². The Kier molecular flexibility index (Phi) is 3.34. The number of anilines is 1. The van der Waals surface area contributed by atoms with Crippen molar-refractivity contribution in [3.8, 4) is 0 Å². The van der Waals surface area contributed by atoms with Crippen LogP contribution in [-0.4, -0.2) is 37.6 Å². The van der Waals surface area contributed by atoms with E-state index < -0.39 is 0 Å². The molecule has 4 rings (SSSR count). The summed E-state index contributed by atoms with van der Waals surface area (Å²) >= 11 is 1.79. The van der Waals surface area contributed by atoms with Crippen molar-refractivity contribution in [2.45, 2.75) is 19.1 Å². The van der Waals surface area contributed by atoms with Gasteiger partial charge in [0.05, 0.1) is 23.4 Å². The molecular weight excluding hydrogens is 272 g/mol. The summed E-state index contributed by atoms with van der Waals surface area (Å²) in [6, 6.07) is 8.35. The molecule has 2 saturated heterocycles. The van der Waals surface area contributed by atoms with E-state index in [0.29, 0.717) is 5.92 Å². The van der Waals surface area contributed by atoms with Crippen molar-refractivity contribution < 1.29 is 9.47 Å². The SMILES string of the molecule is c1ccc2sc(N3CCC(C4OCCO4)CC3)nc2c1. The van der Waals surface area contributed by atoms with E-state index in [-0.39, 0.29) is 6.29 Å². The highest BCUT2D eigenvalue weighted by molar-refractivity contribution is 7.22. The minimum atomic E-state index is 0.0347. The van der Waals surface area contributed by atoms with E-state index in [9.17, 15) is 0 Å². The average molecular weight is 290 g/mol. The molecule has 2 aromatic rings. The maximum atomic E-state index is 5.63. The summed E-state index contributed by atoms with van der Waals surface area (Å²) in [6.45, 7) is 3.60. The van der Waals surface area contributed by atoms with Crippen molar-refractivity contribution in [2.24, 2.45) is 5.92 Å². The van der Waals surface area contributed by atoms with Gasteiger partial charge in [0.1, 0.15) is 0 Å². The Morgan fingerprint density at radius 1 is 1.10 bits per heavy atom. The molecule has 0 unspecified atom stereocenters. The maximum absolute atomic E-state index is 5.63. The van der Waals surface area contributed by atoms with Gasteiger partial charge >= 0.3 is 0 Å². The number of fused-ring (bicyclic) bond motifs is 1. The lowest BCUT2D eigenvalue weighted by Crippen LogP contribution is -2.38. The molecule has 4 nitrogen and oxygen atoms in total. The normalized spacial score (nSPS) is 21.9. The van der Waals surface area contributed by atoms with E-state index in [1.165, 1.54) is 4.70 Å². The second-order valence-electron chi connectivity index (χ2n) is 5.40. The molecule has 1 aromatic heterocycles. The third-order valence-electron chi connectivity index (χ3n) is 4.13. The number of hydrogen-bond acceptors (Lipinski definition) is 5. The van der Waals surface area contributed by atoms with Crippen LogP contribution in [0.15, 0.2) is 24.3 Å². The molecule has 0 spiro atoms. The van der Waals surface area contributed by atoms with Crippen LogP contribution >= 0.6 is 11.3 Å². The van der Waals surface area contributed by atoms with Crippen molar-refractivity contribution in [3.63, 3.8) is 0 Å². The molecule has 106 valence electrons. The Balaban J connectivity index is 1.45. The summed E-state index contributed by atoms with van der Waals surface area (Å²) in [7, 11) is 0. The quantitative estimate of drug-likeness (QED) is 0.852. The number of nitrogens with zero attached hydrogens (tertiary/aromatic N) is 2. The fourth-order valence-electron chi connectivity index (χ4n) is 3.01. The van der Waals surface area contributed by atoms with Crippen molar-refractivity contribution in [1.29, 1.82) is 0 Å². The molecule has 5 heteroatoms. The Hall–Kier alpha value is -1.17. The molecule has 2 aliphatic heterocycles. The fraction of sp³-hybridized carbons (Fsp3) is 0.533. The molecule has 0 N–H and O–H groups in total. The first-order valence-corrected chi connectivity index (χ1v) is 8.05. The van der Waals surface area contributed by atoms with Crippen LogP contribution in [0, 0.1) is 5.92 Å². The number of benzene rings is 1. The van der Waals surface area contributed by atoms with Gasteiger partial charge in [0.15, 0.2) is 11.4 Å². The Morgan fingerprint density at radius 3 is 2.60 bits per heavy atom. The van der Waals surface area contributed by atoms with Gasteiger partial charge in [-0.1, -0.05) is 23.5 Å². The number of aromatic nitrogens is 1. The van der Waals surface area contributed by atoms with Crippen molar-refractivity contribution in [3.05, 3.63) is 24.3 Å². The third-order valence-corrected chi connectivity index (χ3v) is 5.22. The summed E-state index contributed by atoms with van der Waals surface area (Å²) in [5.41, 5.74) is 1.11. The van der Waals surface area contributed by atoms with Crippen molar-refractivity contribution in [1.82, 2.24) is 4.98 Å². The van der Waals surface area contributed by atoms with E-state index in [1.807, 2.05) is 6.07 Å². The van der Waals surface area contributed by atoms with E-state index in [1.54, 1.807) is 11.3 Å². The zero-order chi connectivity index (χ0) is 13.4. The van der Waals surface area contributed by atoms with Crippen LogP contribution in [-0.2, 0) is 9.47 Å². The molecule has 0 atom stereocenters. The second kappa shape index (κ2) is 5.31. The summed E-state index contributed by atoms with van der Waals surface area (Å²) in [5.74, 6) is 0.545. The lowest BCUT2D eigenvalue weighted by Gasteiger charge is -2.33. The maximum Gasteiger partial charge on any atom is 0.186 e. The minimum Gasteiger partial charge on any atom is -0.350 e. The van der Waals surface area contributed by atoms with Crippen LogP contribution in [0.2, 0.25) is 0 Å². The lowest BCUT2D eigenvalue weighted by atomic mass is 9.96. The Bertz CT molecular complexity index is 553. The van der Waals surface area contributed by atoms with Gasteiger partial charge in [-0.2, -0.15) is 0 Å². The van der Waals surface area contributed by atoms with E-state index >= 15 is 0 Å². The van der Waals surface area contributed by atoms with Gasteiger partial charge in [0.25, 0.3) is 0 Å². The van der Waals surface area contributed by atoms with Gasteiger partial charge in [-0.05, 0) is 25.0 Å². The highest BCUT2D eigenvalue weighted by atomic mass is 32.1. The number of ether oxygens (including phenoxy) is 2. The summed E-state index contributed by atoms with van der Waals surface area (Å²) in [5, 5.41) is 1.15. The first-order chi connectivity index (χ1) is 9.90. The number of rotatable bonds is 2. The molecule has 1 aromatic carbocycles. The molecule has 2 fully saturated rings. The first-order valence-electron chi connectivity index (χ1n) is 7.24. The Labute approximate surface area is 122 Å². The molecule has 0 saturated carbocycles. The van der Waals surface area contributed by atoms with Gasteiger partial charge in [0, 0.05) is 19.0 Å². The Morgan fingerprint density at radius 2 is 1.85 bits per heavy atom. The monoisotopic (exact) mass is 290 g/mol. The lowest BCUT2D eigenvalue weighted by molar-refractivity contribution is -0.0889. The average Bonchev–Trinajstić information content (AvgIpc) is 3.17. The van der Waals surface area contributed by atoms with Crippen molar-refractivity contribution in [2.75, 3.05) is 31.2 Å². The van der Waals surface area contributed by atoms with Crippen LogP contribution in [0.5, 0.6) is 0 Å². The number of hydrogen-bond donors (Lipinski definition) is 0. The predicted molar refractivity (Wildman–Crippen MR) is 80.2 cm³/mol. The van der Waals surface area contributed by atoms with Gasteiger partial charge < -0.3 is 14.4 Å².